The number of carboxylic acids is 2. The third kappa shape index (κ3) is 3.43. The number of carboxylic acid groups (broad SMARTS) is 2. The first-order valence-corrected chi connectivity index (χ1v) is 7.20. The first-order chi connectivity index (χ1) is 11.5. The summed E-state index contributed by atoms with van der Waals surface area (Å²) in [4.78, 5) is 23.1. The molecule has 0 saturated heterocycles. The number of hydrogen-bond donors (Lipinski definition) is 3. The summed E-state index contributed by atoms with van der Waals surface area (Å²) < 4.78 is 37.9. The average molecular weight is 356 g/mol. The van der Waals surface area contributed by atoms with Crippen LogP contribution in [0.5, 0.6) is 0 Å². The fourth-order valence-electron chi connectivity index (χ4n) is 2.85. The molecule has 0 fully saturated rings. The number of carbonyl (C=O) groups is 2. The van der Waals surface area contributed by atoms with Gasteiger partial charge in [0.05, 0.1) is 17.1 Å². The van der Waals surface area contributed by atoms with Gasteiger partial charge in [-0.1, -0.05) is 30.4 Å². The molecule has 3 atom stereocenters. The predicted molar refractivity (Wildman–Crippen MR) is 80.5 cm³/mol. The second-order valence-corrected chi connectivity index (χ2v) is 5.92. The molecule has 0 amide bonds. The zero-order valence-corrected chi connectivity index (χ0v) is 13.0. The van der Waals surface area contributed by atoms with Crippen molar-refractivity contribution in [1.29, 1.82) is 0 Å². The van der Waals surface area contributed by atoms with Crippen LogP contribution in [0.2, 0.25) is 0 Å². The summed E-state index contributed by atoms with van der Waals surface area (Å²) >= 11 is 0. The Balaban J connectivity index is 2.47. The van der Waals surface area contributed by atoms with Gasteiger partial charge in [0.15, 0.2) is 0 Å². The van der Waals surface area contributed by atoms with Gasteiger partial charge in [-0.2, -0.15) is 13.2 Å². The number of alkyl halides is 3. The minimum absolute atomic E-state index is 0.00655. The van der Waals surface area contributed by atoms with Crippen molar-refractivity contribution >= 4 is 11.9 Å². The maximum Gasteiger partial charge on any atom is 0.416 e. The van der Waals surface area contributed by atoms with Crippen molar-refractivity contribution in [2.75, 3.05) is 0 Å². The van der Waals surface area contributed by atoms with Crippen molar-refractivity contribution in [2.45, 2.75) is 19.2 Å². The van der Waals surface area contributed by atoms with Gasteiger partial charge in [-0.05, 0) is 24.6 Å². The minimum atomic E-state index is -4.56. The highest BCUT2D eigenvalue weighted by Gasteiger charge is 2.48. The molecule has 3 N–H and O–H groups in total. The van der Waals surface area contributed by atoms with Gasteiger partial charge < -0.3 is 15.3 Å². The topological polar surface area (TPSA) is 94.8 Å². The molecule has 0 aromatic heterocycles. The van der Waals surface area contributed by atoms with Gasteiger partial charge in [0.2, 0.25) is 0 Å². The molecule has 0 heterocycles. The summed E-state index contributed by atoms with van der Waals surface area (Å²) in [5.74, 6) is -4.14. The van der Waals surface area contributed by atoms with Crippen LogP contribution in [0, 0.1) is 11.3 Å². The molecule has 1 aliphatic carbocycles. The van der Waals surface area contributed by atoms with E-state index in [-0.39, 0.29) is 11.1 Å². The Labute approximate surface area is 140 Å². The monoisotopic (exact) mass is 356 g/mol. The lowest BCUT2D eigenvalue weighted by Gasteiger charge is -2.37. The Morgan fingerprint density at radius 3 is 2.16 bits per heavy atom. The van der Waals surface area contributed by atoms with Gasteiger partial charge in [-0.15, -0.1) is 0 Å². The van der Waals surface area contributed by atoms with E-state index in [0.717, 1.165) is 24.3 Å². The fourth-order valence-corrected chi connectivity index (χ4v) is 2.85. The summed E-state index contributed by atoms with van der Waals surface area (Å²) in [6, 6.07) is 3.51. The molecular weight excluding hydrogens is 341 g/mol. The van der Waals surface area contributed by atoms with E-state index in [1.165, 1.54) is 25.2 Å². The van der Waals surface area contributed by atoms with Crippen molar-refractivity contribution in [2.24, 2.45) is 11.3 Å². The number of hydrogen-bond acceptors (Lipinski definition) is 3. The molecule has 5 nitrogen and oxygen atoms in total. The minimum Gasteiger partial charge on any atom is -0.481 e. The van der Waals surface area contributed by atoms with Crippen molar-refractivity contribution in [3.63, 3.8) is 0 Å². The molecule has 0 spiro atoms. The molecule has 0 radical (unpaired) electrons. The number of halogens is 3. The molecule has 0 aliphatic heterocycles. The molecule has 1 aromatic carbocycles. The molecular formula is C17H15F3O5. The maximum atomic E-state index is 12.6. The number of rotatable bonds is 4. The van der Waals surface area contributed by atoms with E-state index in [0.29, 0.717) is 0 Å². The molecule has 25 heavy (non-hydrogen) atoms. The molecule has 1 aromatic rings. The first kappa shape index (κ1) is 18.7. The smallest absolute Gasteiger partial charge is 0.416 e. The first-order valence-electron chi connectivity index (χ1n) is 7.20. The van der Waals surface area contributed by atoms with Crippen LogP contribution in [0.25, 0.3) is 0 Å². The Morgan fingerprint density at radius 2 is 1.72 bits per heavy atom. The van der Waals surface area contributed by atoms with Crippen molar-refractivity contribution in [1.82, 2.24) is 0 Å². The Bertz CT molecular complexity index is 749. The fraction of sp³-hybridized carbons (Fsp3) is 0.294. The van der Waals surface area contributed by atoms with Crippen LogP contribution in [-0.4, -0.2) is 27.3 Å². The third-order valence-corrected chi connectivity index (χ3v) is 4.30. The molecule has 8 heteroatoms. The van der Waals surface area contributed by atoms with Crippen molar-refractivity contribution in [3.05, 3.63) is 59.2 Å². The molecule has 0 saturated carbocycles. The molecule has 0 bridgehead atoms. The summed E-state index contributed by atoms with van der Waals surface area (Å²) in [5, 5.41) is 29.4. The SMILES string of the molecule is CC1(C(=O)O)C=CC=C(C(=O)O)C1C(O)c1ccc(C(F)(F)F)cc1. The highest BCUT2D eigenvalue weighted by Crippen LogP contribution is 2.45. The Morgan fingerprint density at radius 1 is 1.16 bits per heavy atom. The van der Waals surface area contributed by atoms with Crippen LogP contribution in [0.15, 0.2) is 48.1 Å². The second kappa shape index (κ2) is 6.36. The number of aliphatic hydroxyl groups is 1. The van der Waals surface area contributed by atoms with Crippen LogP contribution in [0.3, 0.4) is 0 Å². The van der Waals surface area contributed by atoms with Gasteiger partial charge in [0.25, 0.3) is 0 Å². The lowest BCUT2D eigenvalue weighted by molar-refractivity contribution is -0.150. The average Bonchev–Trinajstić information content (AvgIpc) is 2.53. The molecule has 2 rings (SSSR count). The largest absolute Gasteiger partial charge is 0.481 e. The number of allylic oxidation sites excluding steroid dienone is 2. The molecule has 3 unspecified atom stereocenters. The van der Waals surface area contributed by atoms with Gasteiger partial charge >= 0.3 is 18.1 Å². The number of aliphatic carboxylic acids is 2. The van der Waals surface area contributed by atoms with Gasteiger partial charge in [-0.25, -0.2) is 4.79 Å². The van der Waals surface area contributed by atoms with Gasteiger partial charge in [-0.3, -0.25) is 4.79 Å². The predicted octanol–water partition coefficient (Wildman–Crippen LogP) is 3.03. The van der Waals surface area contributed by atoms with Crippen LogP contribution in [0.4, 0.5) is 13.2 Å². The van der Waals surface area contributed by atoms with Crippen LogP contribution in [-0.2, 0) is 15.8 Å². The zero-order chi connectivity index (χ0) is 19.0. The summed E-state index contributed by atoms with van der Waals surface area (Å²) in [6.07, 6.45) is -2.48. The van der Waals surface area contributed by atoms with E-state index in [4.69, 9.17) is 0 Å². The Hall–Kier alpha value is -2.61. The van der Waals surface area contributed by atoms with E-state index in [2.05, 4.69) is 0 Å². The maximum absolute atomic E-state index is 12.6. The van der Waals surface area contributed by atoms with Crippen molar-refractivity contribution < 1.29 is 38.1 Å². The highest BCUT2D eigenvalue weighted by atomic mass is 19.4. The zero-order valence-electron chi connectivity index (χ0n) is 13.0. The lowest BCUT2D eigenvalue weighted by atomic mass is 9.66. The Kier molecular flexibility index (Phi) is 4.76. The highest BCUT2D eigenvalue weighted by molar-refractivity contribution is 5.91. The summed E-state index contributed by atoms with van der Waals surface area (Å²) in [6.45, 7) is 1.25. The number of benzene rings is 1. The van der Waals surface area contributed by atoms with Gasteiger partial charge in [0, 0.05) is 11.5 Å². The second-order valence-electron chi connectivity index (χ2n) is 5.92. The lowest BCUT2D eigenvalue weighted by Crippen LogP contribution is -2.41. The quantitative estimate of drug-likeness (QED) is 0.771. The van der Waals surface area contributed by atoms with Crippen LogP contribution < -0.4 is 0 Å². The van der Waals surface area contributed by atoms with E-state index in [1.807, 2.05) is 0 Å². The van der Waals surface area contributed by atoms with E-state index in [9.17, 15) is 38.1 Å². The number of aliphatic hydroxyl groups excluding tert-OH is 1. The summed E-state index contributed by atoms with van der Waals surface area (Å²) in [7, 11) is 0. The standard InChI is InChI=1S/C17H15F3O5/c1-16(15(24)25)8-2-3-11(14(22)23)12(16)13(21)9-4-6-10(7-5-9)17(18,19)20/h2-8,12-13,21H,1H3,(H,22,23)(H,24,25). The normalized spacial score (nSPS) is 24.5. The van der Waals surface area contributed by atoms with Crippen LogP contribution >= 0.6 is 0 Å². The van der Waals surface area contributed by atoms with E-state index in [1.54, 1.807) is 0 Å². The third-order valence-electron chi connectivity index (χ3n) is 4.30. The van der Waals surface area contributed by atoms with Crippen molar-refractivity contribution in [3.8, 4) is 0 Å². The molecule has 134 valence electrons. The summed E-state index contributed by atoms with van der Waals surface area (Å²) in [5.41, 5.74) is -3.00. The van der Waals surface area contributed by atoms with Gasteiger partial charge in [0.1, 0.15) is 0 Å². The van der Waals surface area contributed by atoms with Crippen LogP contribution in [0.1, 0.15) is 24.2 Å². The van der Waals surface area contributed by atoms with E-state index < -0.39 is 41.1 Å². The van der Waals surface area contributed by atoms with E-state index >= 15 is 0 Å². The molecule has 1 aliphatic rings.